The minimum atomic E-state index is -0.911. The zero-order valence-electron chi connectivity index (χ0n) is 16.5. The van der Waals surface area contributed by atoms with Crippen LogP contribution >= 0.6 is 0 Å². The summed E-state index contributed by atoms with van der Waals surface area (Å²) in [5.41, 5.74) is 1.91. The van der Waals surface area contributed by atoms with Gasteiger partial charge in [-0.1, -0.05) is 31.0 Å². The third kappa shape index (κ3) is 4.83. The van der Waals surface area contributed by atoms with Crippen LogP contribution in [0.2, 0.25) is 0 Å². The van der Waals surface area contributed by atoms with E-state index in [1.165, 1.54) is 0 Å². The van der Waals surface area contributed by atoms with Gasteiger partial charge in [0.1, 0.15) is 0 Å². The standard InChI is InChI=1S/C23H26N2O4/c1-2-25(18-8-4-3-5-9-18)22(27)16-12-14-17(15-13-16)24-21(26)19-10-6-7-11-20(19)23(28)29/h3-5,8-9,12-15,19-20H,2,6-7,10-11H2,1H3,(H,24,26)(H,28,29)/t19-,20-/m1/s1. The van der Waals surface area contributed by atoms with Gasteiger partial charge in [0.2, 0.25) is 5.91 Å². The number of hydrogen-bond donors (Lipinski definition) is 2. The molecule has 2 atom stereocenters. The van der Waals surface area contributed by atoms with Crippen LogP contribution < -0.4 is 10.2 Å². The van der Waals surface area contributed by atoms with Crippen molar-refractivity contribution in [2.24, 2.45) is 11.8 Å². The second-order valence-corrected chi connectivity index (χ2v) is 7.29. The van der Waals surface area contributed by atoms with E-state index < -0.39 is 17.8 Å². The normalized spacial score (nSPS) is 18.7. The molecule has 3 rings (SSSR count). The predicted octanol–water partition coefficient (Wildman–Crippen LogP) is 4.18. The van der Waals surface area contributed by atoms with E-state index in [0.29, 0.717) is 30.6 Å². The number of amides is 2. The fraction of sp³-hybridized carbons (Fsp3) is 0.348. The third-order valence-electron chi connectivity index (χ3n) is 5.45. The van der Waals surface area contributed by atoms with Crippen molar-refractivity contribution < 1.29 is 19.5 Å². The number of carboxylic acids is 1. The topological polar surface area (TPSA) is 86.7 Å². The van der Waals surface area contributed by atoms with Crippen molar-refractivity contribution in [3.05, 3.63) is 60.2 Å². The monoisotopic (exact) mass is 394 g/mol. The summed E-state index contributed by atoms with van der Waals surface area (Å²) in [6.07, 6.45) is 2.82. The second-order valence-electron chi connectivity index (χ2n) is 7.29. The number of carboxylic acid groups (broad SMARTS) is 1. The highest BCUT2D eigenvalue weighted by atomic mass is 16.4. The van der Waals surface area contributed by atoms with Crippen molar-refractivity contribution >= 4 is 29.2 Å². The summed E-state index contributed by atoms with van der Waals surface area (Å²) in [5.74, 6) is -2.44. The number of para-hydroxylation sites is 1. The number of carbonyl (C=O) groups excluding carboxylic acids is 2. The Morgan fingerprint density at radius 1 is 0.966 bits per heavy atom. The van der Waals surface area contributed by atoms with Crippen LogP contribution in [0.3, 0.4) is 0 Å². The molecule has 2 N–H and O–H groups in total. The number of benzene rings is 2. The van der Waals surface area contributed by atoms with E-state index in [4.69, 9.17) is 0 Å². The van der Waals surface area contributed by atoms with Gasteiger partial charge in [-0.3, -0.25) is 14.4 Å². The molecule has 0 bridgehead atoms. The highest BCUT2D eigenvalue weighted by Gasteiger charge is 2.35. The summed E-state index contributed by atoms with van der Waals surface area (Å²) >= 11 is 0. The molecule has 0 aliphatic heterocycles. The first-order chi connectivity index (χ1) is 14.0. The van der Waals surface area contributed by atoms with Gasteiger partial charge in [-0.05, 0) is 56.2 Å². The van der Waals surface area contributed by atoms with Gasteiger partial charge in [0.15, 0.2) is 0 Å². The molecule has 0 aromatic heterocycles. The van der Waals surface area contributed by atoms with Crippen molar-refractivity contribution in [3.8, 4) is 0 Å². The Kier molecular flexibility index (Phi) is 6.65. The van der Waals surface area contributed by atoms with Crippen LogP contribution in [0.25, 0.3) is 0 Å². The lowest BCUT2D eigenvalue weighted by molar-refractivity contribution is -0.147. The fourth-order valence-corrected chi connectivity index (χ4v) is 3.88. The number of anilines is 2. The van der Waals surface area contributed by atoms with Gasteiger partial charge in [0, 0.05) is 23.5 Å². The molecule has 0 unspecified atom stereocenters. The van der Waals surface area contributed by atoms with Gasteiger partial charge in [0.05, 0.1) is 11.8 Å². The Morgan fingerprint density at radius 3 is 2.17 bits per heavy atom. The van der Waals surface area contributed by atoms with Crippen LogP contribution in [0, 0.1) is 11.8 Å². The van der Waals surface area contributed by atoms with E-state index in [0.717, 1.165) is 18.5 Å². The first-order valence-corrected chi connectivity index (χ1v) is 10.0. The Hall–Kier alpha value is -3.15. The highest BCUT2D eigenvalue weighted by molar-refractivity contribution is 6.06. The van der Waals surface area contributed by atoms with Crippen molar-refractivity contribution in [2.75, 3.05) is 16.8 Å². The molecule has 6 nitrogen and oxygen atoms in total. The maximum absolute atomic E-state index is 12.8. The Morgan fingerprint density at radius 2 is 1.59 bits per heavy atom. The maximum atomic E-state index is 12.8. The molecule has 1 aliphatic rings. The Bertz CT molecular complexity index is 864. The van der Waals surface area contributed by atoms with Gasteiger partial charge in [-0.25, -0.2) is 0 Å². The maximum Gasteiger partial charge on any atom is 0.307 e. The van der Waals surface area contributed by atoms with Crippen molar-refractivity contribution in [1.29, 1.82) is 0 Å². The van der Waals surface area contributed by atoms with E-state index in [-0.39, 0.29) is 11.8 Å². The summed E-state index contributed by atoms with van der Waals surface area (Å²) < 4.78 is 0. The minimum Gasteiger partial charge on any atom is -0.481 e. The van der Waals surface area contributed by atoms with E-state index in [9.17, 15) is 19.5 Å². The number of aliphatic carboxylic acids is 1. The lowest BCUT2D eigenvalue weighted by Gasteiger charge is -2.27. The Balaban J connectivity index is 1.69. The van der Waals surface area contributed by atoms with Gasteiger partial charge >= 0.3 is 5.97 Å². The Labute approximate surface area is 170 Å². The molecule has 1 saturated carbocycles. The van der Waals surface area contributed by atoms with Gasteiger partial charge in [0.25, 0.3) is 5.91 Å². The summed E-state index contributed by atoms with van der Waals surface area (Å²) in [4.78, 5) is 38.6. The third-order valence-corrected chi connectivity index (χ3v) is 5.45. The largest absolute Gasteiger partial charge is 0.481 e. The smallest absolute Gasteiger partial charge is 0.307 e. The van der Waals surface area contributed by atoms with E-state index in [2.05, 4.69) is 5.32 Å². The number of nitrogens with one attached hydrogen (secondary N) is 1. The minimum absolute atomic E-state index is 0.116. The summed E-state index contributed by atoms with van der Waals surface area (Å²) in [6.45, 7) is 2.46. The van der Waals surface area contributed by atoms with Gasteiger partial charge in [-0.2, -0.15) is 0 Å². The van der Waals surface area contributed by atoms with E-state index in [1.807, 2.05) is 37.3 Å². The molecular weight excluding hydrogens is 368 g/mol. The van der Waals surface area contributed by atoms with Crippen LogP contribution in [0.4, 0.5) is 11.4 Å². The number of hydrogen-bond acceptors (Lipinski definition) is 3. The van der Waals surface area contributed by atoms with E-state index in [1.54, 1.807) is 29.2 Å². The zero-order chi connectivity index (χ0) is 20.8. The molecule has 6 heteroatoms. The van der Waals surface area contributed by atoms with Crippen molar-refractivity contribution in [3.63, 3.8) is 0 Å². The molecule has 2 amide bonds. The summed E-state index contributed by atoms with van der Waals surface area (Å²) in [6, 6.07) is 16.2. The van der Waals surface area contributed by atoms with E-state index >= 15 is 0 Å². The van der Waals surface area contributed by atoms with Crippen LogP contribution in [0.5, 0.6) is 0 Å². The first kappa shape index (κ1) is 20.6. The molecule has 0 saturated heterocycles. The summed E-state index contributed by atoms with van der Waals surface area (Å²) in [7, 11) is 0. The molecule has 0 spiro atoms. The summed E-state index contributed by atoms with van der Waals surface area (Å²) in [5, 5.41) is 12.2. The number of carbonyl (C=O) groups is 3. The van der Waals surface area contributed by atoms with Crippen LogP contribution in [-0.4, -0.2) is 29.4 Å². The van der Waals surface area contributed by atoms with Gasteiger partial charge < -0.3 is 15.3 Å². The zero-order valence-corrected chi connectivity index (χ0v) is 16.5. The second kappa shape index (κ2) is 9.37. The molecular formula is C23H26N2O4. The quantitative estimate of drug-likeness (QED) is 0.769. The molecule has 1 aliphatic carbocycles. The molecule has 2 aromatic rings. The first-order valence-electron chi connectivity index (χ1n) is 10.0. The number of rotatable bonds is 6. The van der Waals surface area contributed by atoms with Crippen molar-refractivity contribution in [1.82, 2.24) is 0 Å². The van der Waals surface area contributed by atoms with Crippen LogP contribution in [0.1, 0.15) is 43.0 Å². The molecule has 29 heavy (non-hydrogen) atoms. The molecule has 0 heterocycles. The fourth-order valence-electron chi connectivity index (χ4n) is 3.88. The van der Waals surface area contributed by atoms with Crippen molar-refractivity contribution in [2.45, 2.75) is 32.6 Å². The molecule has 2 aromatic carbocycles. The van der Waals surface area contributed by atoms with Gasteiger partial charge in [-0.15, -0.1) is 0 Å². The van der Waals surface area contributed by atoms with Crippen LogP contribution in [0.15, 0.2) is 54.6 Å². The average molecular weight is 394 g/mol. The molecule has 152 valence electrons. The predicted molar refractivity (Wildman–Crippen MR) is 112 cm³/mol. The SMILES string of the molecule is CCN(C(=O)c1ccc(NC(=O)[C@@H]2CCCC[C@H]2C(=O)O)cc1)c1ccccc1. The number of nitrogens with zero attached hydrogens (tertiary/aromatic N) is 1. The lowest BCUT2D eigenvalue weighted by atomic mass is 9.78. The van der Waals surface area contributed by atoms with Crippen LogP contribution in [-0.2, 0) is 9.59 Å². The molecule has 0 radical (unpaired) electrons. The lowest BCUT2D eigenvalue weighted by Crippen LogP contribution is -2.36. The molecule has 1 fully saturated rings. The highest BCUT2D eigenvalue weighted by Crippen LogP contribution is 2.31. The average Bonchev–Trinajstić information content (AvgIpc) is 2.75.